The number of hydrogen-bond donors (Lipinski definition) is 0. The second kappa shape index (κ2) is 5.77. The molecule has 0 saturated carbocycles. The van der Waals surface area contributed by atoms with E-state index in [1.807, 2.05) is 6.92 Å². The zero-order chi connectivity index (χ0) is 12.3. The van der Waals surface area contributed by atoms with Crippen LogP contribution in [0.3, 0.4) is 0 Å². The van der Waals surface area contributed by atoms with Gasteiger partial charge in [-0.2, -0.15) is 0 Å². The van der Waals surface area contributed by atoms with Gasteiger partial charge in [0.1, 0.15) is 5.82 Å². The van der Waals surface area contributed by atoms with Gasteiger partial charge in [-0.3, -0.25) is 4.79 Å². The molecule has 0 saturated heterocycles. The Bertz CT molecular complexity index is 398. The largest absolute Gasteiger partial charge is 0.338 e. The van der Waals surface area contributed by atoms with E-state index in [4.69, 9.17) is 0 Å². The van der Waals surface area contributed by atoms with Gasteiger partial charge in [0, 0.05) is 24.0 Å². The van der Waals surface area contributed by atoms with Crippen molar-refractivity contribution in [3.63, 3.8) is 0 Å². The third kappa shape index (κ3) is 3.04. The molecule has 0 aliphatic heterocycles. The third-order valence-corrected chi connectivity index (χ3v) is 3.95. The summed E-state index contributed by atoms with van der Waals surface area (Å²) >= 11 is 6.36. The molecule has 0 fully saturated rings. The number of alkyl halides is 1. The SMILES string of the molecule is CC(CBr)N(C)C(=O)c1ccc(Br)c(F)c1. The maximum absolute atomic E-state index is 13.3. The second-order valence-electron chi connectivity index (χ2n) is 3.55. The number of halogens is 3. The summed E-state index contributed by atoms with van der Waals surface area (Å²) in [6.07, 6.45) is 0. The van der Waals surface area contributed by atoms with E-state index >= 15 is 0 Å². The highest BCUT2D eigenvalue weighted by Gasteiger charge is 2.17. The van der Waals surface area contributed by atoms with Crippen LogP contribution in [0.1, 0.15) is 17.3 Å². The van der Waals surface area contributed by atoms with Gasteiger partial charge in [-0.1, -0.05) is 15.9 Å². The minimum atomic E-state index is -0.425. The molecule has 1 rings (SSSR count). The van der Waals surface area contributed by atoms with Gasteiger partial charge in [-0.05, 0) is 41.1 Å². The molecule has 0 radical (unpaired) electrons. The fourth-order valence-corrected chi connectivity index (χ4v) is 1.82. The fraction of sp³-hybridized carbons (Fsp3) is 0.364. The minimum Gasteiger partial charge on any atom is -0.338 e. The summed E-state index contributed by atoms with van der Waals surface area (Å²) in [4.78, 5) is 13.5. The maximum Gasteiger partial charge on any atom is 0.253 e. The van der Waals surface area contributed by atoms with Crippen molar-refractivity contribution in [1.82, 2.24) is 4.90 Å². The molecule has 1 atom stereocenters. The van der Waals surface area contributed by atoms with Gasteiger partial charge in [0.15, 0.2) is 0 Å². The first-order valence-electron chi connectivity index (χ1n) is 4.75. The molecule has 0 N–H and O–H groups in total. The summed E-state index contributed by atoms with van der Waals surface area (Å²) in [6.45, 7) is 1.92. The van der Waals surface area contributed by atoms with Crippen LogP contribution >= 0.6 is 31.9 Å². The lowest BCUT2D eigenvalue weighted by molar-refractivity contribution is 0.0757. The first-order valence-corrected chi connectivity index (χ1v) is 6.67. The van der Waals surface area contributed by atoms with Crippen molar-refractivity contribution in [1.29, 1.82) is 0 Å². The molecule has 88 valence electrons. The smallest absolute Gasteiger partial charge is 0.253 e. The van der Waals surface area contributed by atoms with Crippen molar-refractivity contribution in [3.05, 3.63) is 34.1 Å². The van der Waals surface area contributed by atoms with Gasteiger partial charge in [-0.15, -0.1) is 0 Å². The fourth-order valence-electron chi connectivity index (χ4n) is 1.14. The second-order valence-corrected chi connectivity index (χ2v) is 5.05. The quantitative estimate of drug-likeness (QED) is 0.763. The van der Waals surface area contributed by atoms with Gasteiger partial charge in [0.2, 0.25) is 0 Å². The third-order valence-electron chi connectivity index (χ3n) is 2.37. The number of carbonyl (C=O) groups excluding carboxylic acids is 1. The van der Waals surface area contributed by atoms with Gasteiger partial charge in [-0.25, -0.2) is 4.39 Å². The summed E-state index contributed by atoms with van der Waals surface area (Å²) in [7, 11) is 1.70. The molecule has 0 aliphatic carbocycles. The van der Waals surface area contributed by atoms with Crippen LogP contribution in [0.15, 0.2) is 22.7 Å². The zero-order valence-corrected chi connectivity index (χ0v) is 12.2. The molecule has 0 spiro atoms. The molecule has 0 heterocycles. The Labute approximate surface area is 111 Å². The summed E-state index contributed by atoms with van der Waals surface area (Å²) in [5.74, 6) is -0.607. The number of rotatable bonds is 3. The Kier molecular flexibility index (Phi) is 4.92. The summed E-state index contributed by atoms with van der Waals surface area (Å²) in [5.41, 5.74) is 0.357. The monoisotopic (exact) mass is 351 g/mol. The number of carbonyl (C=O) groups is 1. The predicted molar refractivity (Wildman–Crippen MR) is 69.4 cm³/mol. The van der Waals surface area contributed by atoms with Crippen molar-refractivity contribution in [2.45, 2.75) is 13.0 Å². The highest BCUT2D eigenvalue weighted by atomic mass is 79.9. The molecule has 0 aliphatic rings. The zero-order valence-electron chi connectivity index (χ0n) is 9.01. The van der Waals surface area contributed by atoms with E-state index < -0.39 is 5.82 Å². The minimum absolute atomic E-state index is 0.0687. The Balaban J connectivity index is 2.92. The Hall–Kier alpha value is -0.420. The number of benzene rings is 1. The number of nitrogens with zero attached hydrogens (tertiary/aromatic N) is 1. The van der Waals surface area contributed by atoms with Gasteiger partial charge in [0.05, 0.1) is 4.47 Å². The molecule has 5 heteroatoms. The van der Waals surface area contributed by atoms with E-state index in [9.17, 15) is 9.18 Å². The van der Waals surface area contributed by atoms with Crippen LogP contribution in [0.2, 0.25) is 0 Å². The predicted octanol–water partition coefficient (Wildman–Crippen LogP) is 3.44. The standard InChI is InChI=1S/C11H12Br2FNO/c1-7(6-12)15(2)11(16)8-3-4-9(13)10(14)5-8/h3-5,7H,6H2,1-2H3. The highest BCUT2D eigenvalue weighted by Crippen LogP contribution is 2.17. The van der Waals surface area contributed by atoms with Crippen LogP contribution in [0, 0.1) is 5.82 Å². The van der Waals surface area contributed by atoms with Crippen molar-refractivity contribution in [3.8, 4) is 0 Å². The van der Waals surface area contributed by atoms with Gasteiger partial charge >= 0.3 is 0 Å². The van der Waals surface area contributed by atoms with Gasteiger partial charge < -0.3 is 4.90 Å². The van der Waals surface area contributed by atoms with Crippen molar-refractivity contribution >= 4 is 37.8 Å². The molecule has 1 amide bonds. The van der Waals surface area contributed by atoms with E-state index in [1.165, 1.54) is 12.1 Å². The van der Waals surface area contributed by atoms with E-state index in [2.05, 4.69) is 31.9 Å². The lowest BCUT2D eigenvalue weighted by Gasteiger charge is -2.23. The summed E-state index contributed by atoms with van der Waals surface area (Å²) in [5, 5.41) is 0.689. The molecule has 1 aromatic carbocycles. The summed E-state index contributed by atoms with van der Waals surface area (Å²) in [6, 6.07) is 4.45. The van der Waals surface area contributed by atoms with E-state index in [1.54, 1.807) is 18.0 Å². The lowest BCUT2D eigenvalue weighted by atomic mass is 10.2. The maximum atomic E-state index is 13.3. The molecule has 1 aromatic rings. The van der Waals surface area contributed by atoms with Crippen LogP contribution in [-0.4, -0.2) is 29.2 Å². The van der Waals surface area contributed by atoms with E-state index in [0.29, 0.717) is 15.4 Å². The van der Waals surface area contributed by atoms with Crippen LogP contribution in [0.25, 0.3) is 0 Å². The molecule has 0 bridgehead atoms. The van der Waals surface area contributed by atoms with E-state index in [-0.39, 0.29) is 11.9 Å². The molecule has 1 unspecified atom stereocenters. The van der Waals surface area contributed by atoms with Gasteiger partial charge in [0.25, 0.3) is 5.91 Å². The normalized spacial score (nSPS) is 12.3. The van der Waals surface area contributed by atoms with E-state index in [0.717, 1.165) is 0 Å². The first-order chi connectivity index (χ1) is 7.47. The number of hydrogen-bond acceptors (Lipinski definition) is 1. The number of amides is 1. The summed E-state index contributed by atoms with van der Waals surface area (Å²) < 4.78 is 13.6. The molecule has 2 nitrogen and oxygen atoms in total. The topological polar surface area (TPSA) is 20.3 Å². The van der Waals surface area contributed by atoms with Crippen LogP contribution in [0.5, 0.6) is 0 Å². The average Bonchev–Trinajstić information content (AvgIpc) is 2.29. The molecular weight excluding hydrogens is 341 g/mol. The van der Waals surface area contributed by atoms with Crippen molar-refractivity contribution in [2.75, 3.05) is 12.4 Å². The van der Waals surface area contributed by atoms with Crippen LogP contribution < -0.4 is 0 Å². The molecular formula is C11H12Br2FNO. The first kappa shape index (κ1) is 13.6. The molecule has 0 aromatic heterocycles. The average molecular weight is 353 g/mol. The Morgan fingerprint density at radius 2 is 2.19 bits per heavy atom. The van der Waals surface area contributed by atoms with Crippen molar-refractivity contribution in [2.24, 2.45) is 0 Å². The Morgan fingerprint density at radius 1 is 1.56 bits per heavy atom. The van der Waals surface area contributed by atoms with Crippen molar-refractivity contribution < 1.29 is 9.18 Å². The van der Waals surface area contributed by atoms with Crippen LogP contribution in [0.4, 0.5) is 4.39 Å². The highest BCUT2D eigenvalue weighted by molar-refractivity contribution is 9.10. The Morgan fingerprint density at radius 3 is 2.69 bits per heavy atom. The van der Waals surface area contributed by atoms with Crippen LogP contribution in [-0.2, 0) is 0 Å². The lowest BCUT2D eigenvalue weighted by Crippen LogP contribution is -2.36. The molecule has 16 heavy (non-hydrogen) atoms.